The first-order valence-corrected chi connectivity index (χ1v) is 7.34. The van der Waals surface area contributed by atoms with Crippen molar-refractivity contribution in [2.24, 2.45) is 0 Å². The lowest BCUT2D eigenvalue weighted by Gasteiger charge is -2.01. The van der Waals surface area contributed by atoms with Crippen LogP contribution in [0.5, 0.6) is 5.75 Å². The molecule has 0 aliphatic rings. The van der Waals surface area contributed by atoms with E-state index in [0.29, 0.717) is 29.1 Å². The molecule has 2 aromatic carbocycles. The molecule has 0 atom stereocenters. The zero-order chi connectivity index (χ0) is 17.1. The van der Waals surface area contributed by atoms with Gasteiger partial charge in [0.15, 0.2) is 0 Å². The molecule has 3 aromatic rings. The summed E-state index contributed by atoms with van der Waals surface area (Å²) >= 11 is 0. The predicted octanol–water partition coefficient (Wildman–Crippen LogP) is 2.08. The molecular formula is C17H16N3O4+. The van der Waals surface area contributed by atoms with Crippen LogP contribution >= 0.6 is 0 Å². The molecule has 0 radical (unpaired) electrons. The van der Waals surface area contributed by atoms with E-state index in [0.717, 1.165) is 0 Å². The van der Waals surface area contributed by atoms with E-state index in [1.54, 1.807) is 55.5 Å². The van der Waals surface area contributed by atoms with Gasteiger partial charge in [0.05, 0.1) is 17.7 Å². The summed E-state index contributed by atoms with van der Waals surface area (Å²) in [6.45, 7) is 2.07. The molecule has 3 N–H and O–H groups in total. The van der Waals surface area contributed by atoms with Crippen molar-refractivity contribution in [3.63, 3.8) is 0 Å². The summed E-state index contributed by atoms with van der Waals surface area (Å²) in [5, 5.41) is 13.6. The second kappa shape index (κ2) is 6.41. The summed E-state index contributed by atoms with van der Waals surface area (Å²) in [6, 6.07) is 13.3. The molecule has 0 amide bonds. The Morgan fingerprint density at radius 2 is 2.04 bits per heavy atom. The van der Waals surface area contributed by atoms with E-state index < -0.39 is 0 Å². The van der Waals surface area contributed by atoms with E-state index in [9.17, 15) is 9.90 Å². The fourth-order valence-electron chi connectivity index (χ4n) is 2.32. The van der Waals surface area contributed by atoms with E-state index in [-0.39, 0.29) is 17.6 Å². The Morgan fingerprint density at radius 1 is 1.29 bits per heavy atom. The first-order chi connectivity index (χ1) is 11.6. The maximum Gasteiger partial charge on any atom is 0.338 e. The molecule has 24 heavy (non-hydrogen) atoms. The van der Waals surface area contributed by atoms with Crippen molar-refractivity contribution in [2.75, 3.05) is 12.3 Å². The Labute approximate surface area is 137 Å². The number of phenols is 1. The summed E-state index contributed by atoms with van der Waals surface area (Å²) in [5.41, 5.74) is 8.13. The number of phenolic OH excluding ortho intramolecular Hbond substituents is 1. The summed E-state index contributed by atoms with van der Waals surface area (Å²) in [6.07, 6.45) is 0. The number of nitrogen functional groups attached to an aromatic ring is 1. The predicted molar refractivity (Wildman–Crippen MR) is 85.5 cm³/mol. The highest BCUT2D eigenvalue weighted by atomic mass is 16.5. The molecule has 0 aliphatic heterocycles. The Bertz CT molecular complexity index is 872. The van der Waals surface area contributed by atoms with Gasteiger partial charge < -0.3 is 15.6 Å². The number of aromatic nitrogens is 2. The average Bonchev–Trinajstić information content (AvgIpc) is 2.97. The van der Waals surface area contributed by atoms with Crippen molar-refractivity contribution in [3.8, 4) is 22.7 Å². The van der Waals surface area contributed by atoms with Crippen LogP contribution < -0.4 is 10.4 Å². The molecule has 7 nitrogen and oxygen atoms in total. The standard InChI is InChI=1S/C17H15N3O4/c1-2-23-17(22)11-6-8-13(9-7-11)20-15(16(18)24-19-20)12-4-3-5-14(21)10-12/h3-10H,2H2,1H3,(H2-,18,19,21)/p+1. The Balaban J connectivity index is 2.00. The minimum absolute atomic E-state index is 0.109. The molecule has 7 heteroatoms. The number of esters is 1. The van der Waals surface area contributed by atoms with Gasteiger partial charge in [-0.3, -0.25) is 4.52 Å². The number of rotatable bonds is 4. The average molecular weight is 326 g/mol. The van der Waals surface area contributed by atoms with Crippen molar-refractivity contribution >= 4 is 11.9 Å². The maximum atomic E-state index is 11.7. The molecule has 1 heterocycles. The van der Waals surface area contributed by atoms with Crippen LogP contribution in [0, 0.1) is 0 Å². The van der Waals surface area contributed by atoms with Crippen LogP contribution in [0.25, 0.3) is 16.9 Å². The summed E-state index contributed by atoms with van der Waals surface area (Å²) < 4.78 is 11.5. The van der Waals surface area contributed by atoms with Crippen molar-refractivity contribution in [2.45, 2.75) is 6.92 Å². The highest BCUT2D eigenvalue weighted by Gasteiger charge is 2.27. The van der Waals surface area contributed by atoms with Crippen LogP contribution in [0.15, 0.2) is 53.1 Å². The molecule has 3 rings (SSSR count). The quantitative estimate of drug-likeness (QED) is 0.562. The Hall–Kier alpha value is -3.35. The molecule has 0 spiro atoms. The molecule has 1 aromatic heterocycles. The molecule has 0 saturated heterocycles. The van der Waals surface area contributed by atoms with Crippen LogP contribution in [0.3, 0.4) is 0 Å². The monoisotopic (exact) mass is 326 g/mol. The molecule has 0 fully saturated rings. The molecule has 0 aliphatic carbocycles. The number of ether oxygens (including phenoxy) is 1. The van der Waals surface area contributed by atoms with Crippen molar-refractivity contribution in [3.05, 3.63) is 54.1 Å². The fraction of sp³-hybridized carbons (Fsp3) is 0.118. The van der Waals surface area contributed by atoms with Gasteiger partial charge in [-0.05, 0) is 41.9 Å². The number of benzene rings is 2. The first-order valence-electron chi connectivity index (χ1n) is 7.34. The first kappa shape index (κ1) is 15.5. The zero-order valence-corrected chi connectivity index (χ0v) is 13.0. The zero-order valence-electron chi connectivity index (χ0n) is 13.0. The van der Waals surface area contributed by atoms with E-state index in [1.807, 2.05) is 0 Å². The number of aromatic hydroxyl groups is 1. The highest BCUT2D eigenvalue weighted by Crippen LogP contribution is 2.25. The van der Waals surface area contributed by atoms with Gasteiger partial charge in [0, 0.05) is 12.1 Å². The number of anilines is 1. The lowest BCUT2D eigenvalue weighted by Crippen LogP contribution is -2.34. The lowest BCUT2D eigenvalue weighted by atomic mass is 10.1. The molecule has 122 valence electrons. The van der Waals surface area contributed by atoms with Gasteiger partial charge in [0.1, 0.15) is 5.75 Å². The third kappa shape index (κ3) is 2.91. The number of carbonyl (C=O) groups is 1. The molecule has 0 saturated carbocycles. The van der Waals surface area contributed by atoms with Gasteiger partial charge in [-0.15, -0.1) is 0 Å². The van der Waals surface area contributed by atoms with E-state index in [4.69, 9.17) is 15.0 Å². The van der Waals surface area contributed by atoms with Gasteiger partial charge in [0.25, 0.3) is 0 Å². The number of hydrogen-bond donors (Lipinski definition) is 2. The molecule has 0 bridgehead atoms. The van der Waals surface area contributed by atoms with E-state index >= 15 is 0 Å². The smallest absolute Gasteiger partial charge is 0.338 e. The van der Waals surface area contributed by atoms with Gasteiger partial charge in [-0.25, -0.2) is 4.79 Å². The second-order valence-electron chi connectivity index (χ2n) is 5.02. The number of hydrogen-bond acceptors (Lipinski definition) is 6. The van der Waals surface area contributed by atoms with Crippen molar-refractivity contribution in [1.82, 2.24) is 5.27 Å². The largest absolute Gasteiger partial charge is 0.508 e. The topological polar surface area (TPSA) is 102 Å². The van der Waals surface area contributed by atoms with E-state index in [2.05, 4.69) is 5.27 Å². The third-order valence-corrected chi connectivity index (χ3v) is 3.41. The number of nitrogens with zero attached hydrogens (tertiary/aromatic N) is 2. The normalized spacial score (nSPS) is 10.5. The van der Waals surface area contributed by atoms with Gasteiger partial charge in [0.2, 0.25) is 11.0 Å². The SMILES string of the molecule is CCOC(=O)c1ccc(-[n+]2noc(N)c2-c2cccc(O)c2)cc1. The molecule has 0 unspecified atom stereocenters. The minimum atomic E-state index is -0.387. The minimum Gasteiger partial charge on any atom is -0.508 e. The molecular weight excluding hydrogens is 310 g/mol. The van der Waals surface area contributed by atoms with Crippen LogP contribution in [0.1, 0.15) is 17.3 Å². The fourth-order valence-corrected chi connectivity index (χ4v) is 2.32. The van der Waals surface area contributed by atoms with Crippen molar-refractivity contribution < 1.29 is 23.8 Å². The number of nitrogens with two attached hydrogens (primary N) is 1. The Morgan fingerprint density at radius 3 is 2.71 bits per heavy atom. The second-order valence-corrected chi connectivity index (χ2v) is 5.02. The van der Waals surface area contributed by atoms with Gasteiger partial charge in [-0.1, -0.05) is 6.07 Å². The summed E-state index contributed by atoms with van der Waals surface area (Å²) in [5.74, 6) is -0.158. The van der Waals surface area contributed by atoms with Crippen LogP contribution in [0.2, 0.25) is 0 Å². The summed E-state index contributed by atoms with van der Waals surface area (Å²) in [7, 11) is 0. The van der Waals surface area contributed by atoms with Crippen LogP contribution in [-0.4, -0.2) is 23.0 Å². The third-order valence-electron chi connectivity index (χ3n) is 3.41. The number of carbonyl (C=O) groups excluding carboxylic acids is 1. The van der Waals surface area contributed by atoms with Crippen LogP contribution in [0.4, 0.5) is 5.88 Å². The maximum absolute atomic E-state index is 11.7. The van der Waals surface area contributed by atoms with E-state index in [1.165, 1.54) is 4.68 Å². The van der Waals surface area contributed by atoms with Gasteiger partial charge >= 0.3 is 17.5 Å². The highest BCUT2D eigenvalue weighted by molar-refractivity contribution is 5.89. The van der Waals surface area contributed by atoms with Crippen molar-refractivity contribution in [1.29, 1.82) is 0 Å². The lowest BCUT2D eigenvalue weighted by molar-refractivity contribution is -0.660. The Kier molecular flexibility index (Phi) is 4.15. The van der Waals surface area contributed by atoms with Crippen LogP contribution in [-0.2, 0) is 4.74 Å². The summed E-state index contributed by atoms with van der Waals surface area (Å²) in [4.78, 5) is 11.7. The van der Waals surface area contributed by atoms with Gasteiger partial charge in [-0.2, -0.15) is 0 Å².